The number of aryl methyl sites for hydroxylation is 1. The van der Waals surface area contributed by atoms with Crippen LogP contribution in [0.3, 0.4) is 0 Å². The van der Waals surface area contributed by atoms with Crippen molar-refractivity contribution in [3.8, 4) is 0 Å². The quantitative estimate of drug-likeness (QED) is 0.366. The number of hydrogen-bond donors (Lipinski definition) is 2. The number of β-lactam (4-membered cyclic amide) rings is 1. The smallest absolute Gasteiger partial charge is 0.352 e. The van der Waals surface area contributed by atoms with Gasteiger partial charge in [0, 0.05) is 21.4 Å². The van der Waals surface area contributed by atoms with Crippen molar-refractivity contribution in [3.63, 3.8) is 0 Å². The third kappa shape index (κ3) is 5.46. The fraction of sp³-hybridized carbons (Fsp3) is 0.316. The number of rotatable bonds is 8. The van der Waals surface area contributed by atoms with Crippen molar-refractivity contribution < 1.29 is 19.5 Å². The van der Waals surface area contributed by atoms with E-state index in [0.717, 1.165) is 9.35 Å². The zero-order valence-electron chi connectivity index (χ0n) is 16.9. The van der Waals surface area contributed by atoms with Gasteiger partial charge in [0.2, 0.25) is 5.91 Å². The van der Waals surface area contributed by atoms with Crippen LogP contribution in [0.1, 0.15) is 5.01 Å². The molecule has 1 fully saturated rings. The van der Waals surface area contributed by atoms with E-state index in [1.807, 2.05) is 6.92 Å². The lowest BCUT2D eigenvalue weighted by atomic mass is 10.0. The van der Waals surface area contributed by atoms with Gasteiger partial charge in [-0.15, -0.1) is 33.7 Å². The van der Waals surface area contributed by atoms with E-state index in [-0.39, 0.29) is 17.4 Å². The molecule has 2 aliphatic rings. The van der Waals surface area contributed by atoms with Crippen molar-refractivity contribution >= 4 is 87.6 Å². The SMILES string of the molecule is Cc1nnc(SCC2=C(C(=O)O)N3C(=O)C(NC(=O)CSc4cc(Cl)ccc4Cl)[C@H]3SC2)s1. The lowest BCUT2D eigenvalue weighted by Crippen LogP contribution is -2.70. The van der Waals surface area contributed by atoms with E-state index in [4.69, 9.17) is 23.2 Å². The molecule has 1 aromatic carbocycles. The molecule has 0 radical (unpaired) electrons. The summed E-state index contributed by atoms with van der Waals surface area (Å²) in [5.74, 6) is -1.05. The molecule has 2 N–H and O–H groups in total. The van der Waals surface area contributed by atoms with Crippen LogP contribution in [0.5, 0.6) is 0 Å². The Labute approximate surface area is 215 Å². The zero-order chi connectivity index (χ0) is 23.7. The minimum absolute atomic E-state index is 0.0110. The summed E-state index contributed by atoms with van der Waals surface area (Å²) >= 11 is 17.6. The molecule has 1 saturated heterocycles. The lowest BCUT2D eigenvalue weighted by Gasteiger charge is -2.49. The third-order valence-electron chi connectivity index (χ3n) is 4.70. The number of nitrogens with one attached hydrogen (secondary N) is 1. The number of aliphatic carboxylic acids is 1. The molecule has 0 saturated carbocycles. The number of halogens is 2. The summed E-state index contributed by atoms with van der Waals surface area (Å²) in [5, 5.41) is 21.8. The predicted octanol–water partition coefficient (Wildman–Crippen LogP) is 3.78. The number of carboxylic acid groups (broad SMARTS) is 1. The van der Waals surface area contributed by atoms with Gasteiger partial charge in [-0.05, 0) is 30.7 Å². The molecule has 33 heavy (non-hydrogen) atoms. The fourth-order valence-corrected chi connectivity index (χ4v) is 7.83. The van der Waals surface area contributed by atoms with E-state index in [0.29, 0.717) is 32.0 Å². The Kier molecular flexibility index (Phi) is 7.81. The summed E-state index contributed by atoms with van der Waals surface area (Å²) in [7, 11) is 0. The van der Waals surface area contributed by atoms with Gasteiger partial charge >= 0.3 is 5.97 Å². The molecule has 8 nitrogen and oxygen atoms in total. The van der Waals surface area contributed by atoms with E-state index in [1.165, 1.54) is 51.5 Å². The second-order valence-corrected chi connectivity index (χ2v) is 12.3. The second kappa shape index (κ2) is 10.4. The number of hydrogen-bond acceptors (Lipinski definition) is 9. The first-order valence-corrected chi connectivity index (χ1v) is 14.0. The van der Waals surface area contributed by atoms with Crippen LogP contribution in [-0.4, -0.2) is 66.7 Å². The molecule has 4 rings (SSSR count). The van der Waals surface area contributed by atoms with Gasteiger partial charge < -0.3 is 10.4 Å². The number of carboxylic acids is 1. The van der Waals surface area contributed by atoms with E-state index in [1.54, 1.807) is 18.2 Å². The predicted molar refractivity (Wildman–Crippen MR) is 132 cm³/mol. The molecule has 2 atom stereocenters. The summed E-state index contributed by atoms with van der Waals surface area (Å²) in [6.45, 7) is 1.85. The fourth-order valence-electron chi connectivity index (χ4n) is 3.23. The molecular formula is C19H16Cl2N4O4S4. The lowest BCUT2D eigenvalue weighted by molar-refractivity contribution is -0.150. The maximum absolute atomic E-state index is 12.8. The van der Waals surface area contributed by atoms with Crippen LogP contribution in [0.25, 0.3) is 0 Å². The average Bonchev–Trinajstić information content (AvgIpc) is 3.20. The molecular weight excluding hydrogens is 547 g/mol. The van der Waals surface area contributed by atoms with Gasteiger partial charge in [0.05, 0.1) is 10.8 Å². The molecule has 0 bridgehead atoms. The first-order valence-electron chi connectivity index (χ1n) is 9.44. The molecule has 1 aromatic heterocycles. The van der Waals surface area contributed by atoms with Crippen molar-refractivity contribution in [2.75, 3.05) is 17.3 Å². The average molecular weight is 564 g/mol. The number of fused-ring (bicyclic) bond motifs is 1. The van der Waals surface area contributed by atoms with Gasteiger partial charge in [-0.2, -0.15) is 0 Å². The van der Waals surface area contributed by atoms with E-state index < -0.39 is 23.3 Å². The first kappa shape index (κ1) is 24.7. The van der Waals surface area contributed by atoms with Crippen molar-refractivity contribution in [2.45, 2.75) is 27.6 Å². The van der Waals surface area contributed by atoms with Crippen LogP contribution < -0.4 is 5.32 Å². The standard InChI is InChI=1S/C19H16Cl2N4O4S4/c1-8-23-24-19(33-8)32-6-9-5-31-17-14(16(27)25(17)15(9)18(28)29)22-13(26)7-30-12-4-10(20)2-3-11(12)21/h2-4,14,17H,5-7H2,1H3,(H,22,26)(H,28,29)/t14?,17-/m1/s1. The Morgan fingerprint density at radius 2 is 2.09 bits per heavy atom. The minimum Gasteiger partial charge on any atom is -0.477 e. The van der Waals surface area contributed by atoms with Gasteiger partial charge in [-0.3, -0.25) is 14.5 Å². The molecule has 2 amide bonds. The van der Waals surface area contributed by atoms with Crippen LogP contribution in [0.2, 0.25) is 10.0 Å². The number of amides is 2. The summed E-state index contributed by atoms with van der Waals surface area (Å²) in [6, 6.07) is 4.21. The van der Waals surface area contributed by atoms with Crippen LogP contribution in [0, 0.1) is 6.92 Å². The van der Waals surface area contributed by atoms with Gasteiger partial charge in [0.1, 0.15) is 22.1 Å². The Hall–Kier alpha value is -1.44. The minimum atomic E-state index is -1.16. The van der Waals surface area contributed by atoms with Crippen LogP contribution in [0.15, 0.2) is 38.7 Å². The van der Waals surface area contributed by atoms with Crippen molar-refractivity contribution in [3.05, 3.63) is 44.5 Å². The van der Waals surface area contributed by atoms with E-state index in [2.05, 4.69) is 15.5 Å². The van der Waals surface area contributed by atoms with Crippen molar-refractivity contribution in [1.82, 2.24) is 20.4 Å². The first-order chi connectivity index (χ1) is 15.7. The molecule has 2 aromatic rings. The monoisotopic (exact) mass is 562 g/mol. The Balaban J connectivity index is 1.38. The normalized spacial score (nSPS) is 19.8. The Morgan fingerprint density at radius 3 is 2.79 bits per heavy atom. The van der Waals surface area contributed by atoms with Gasteiger partial charge in [0.15, 0.2) is 4.34 Å². The van der Waals surface area contributed by atoms with Crippen LogP contribution in [-0.2, 0) is 14.4 Å². The number of thioether (sulfide) groups is 3. The molecule has 1 unspecified atom stereocenters. The number of benzene rings is 1. The van der Waals surface area contributed by atoms with Gasteiger partial charge in [-0.25, -0.2) is 4.79 Å². The highest BCUT2D eigenvalue weighted by molar-refractivity contribution is 8.02. The molecule has 0 spiro atoms. The largest absolute Gasteiger partial charge is 0.477 e. The summed E-state index contributed by atoms with van der Waals surface area (Å²) < 4.78 is 0.745. The highest BCUT2D eigenvalue weighted by Gasteiger charge is 2.54. The maximum atomic E-state index is 12.8. The van der Waals surface area contributed by atoms with Crippen molar-refractivity contribution in [1.29, 1.82) is 0 Å². The highest BCUT2D eigenvalue weighted by atomic mass is 35.5. The maximum Gasteiger partial charge on any atom is 0.352 e. The highest BCUT2D eigenvalue weighted by Crippen LogP contribution is 2.42. The topological polar surface area (TPSA) is 112 Å². The summed E-state index contributed by atoms with van der Waals surface area (Å²) in [5.41, 5.74) is 0.633. The Morgan fingerprint density at radius 1 is 1.30 bits per heavy atom. The molecule has 174 valence electrons. The molecule has 14 heteroatoms. The molecule has 3 heterocycles. The summed E-state index contributed by atoms with van der Waals surface area (Å²) in [6.07, 6.45) is 0. The van der Waals surface area contributed by atoms with Crippen LogP contribution >= 0.6 is 69.8 Å². The van der Waals surface area contributed by atoms with Crippen molar-refractivity contribution in [2.24, 2.45) is 0 Å². The van der Waals surface area contributed by atoms with Crippen LogP contribution in [0.4, 0.5) is 0 Å². The number of carbonyl (C=O) groups excluding carboxylic acids is 2. The molecule has 2 aliphatic heterocycles. The third-order valence-corrected chi connectivity index (χ3v) is 9.83. The van der Waals surface area contributed by atoms with E-state index in [9.17, 15) is 19.5 Å². The second-order valence-electron chi connectivity index (χ2n) is 6.95. The van der Waals surface area contributed by atoms with Gasteiger partial charge in [-0.1, -0.05) is 46.3 Å². The number of carbonyl (C=O) groups is 3. The van der Waals surface area contributed by atoms with E-state index >= 15 is 0 Å². The number of aromatic nitrogens is 2. The number of nitrogens with zero attached hydrogens (tertiary/aromatic N) is 3. The molecule has 0 aliphatic carbocycles. The summed E-state index contributed by atoms with van der Waals surface area (Å²) in [4.78, 5) is 39.1. The Bertz CT molecular complexity index is 1160. The van der Waals surface area contributed by atoms with Gasteiger partial charge in [0.25, 0.3) is 5.91 Å². The zero-order valence-corrected chi connectivity index (χ0v) is 21.7.